The Kier molecular flexibility index (Phi) is 9.05. The second-order valence-corrected chi connectivity index (χ2v) is 13.5. The van der Waals surface area contributed by atoms with Gasteiger partial charge in [-0.25, -0.2) is 9.07 Å². The van der Waals surface area contributed by atoms with Crippen LogP contribution >= 0.6 is 23.2 Å². The number of nitrogens with one attached hydrogen (secondary N) is 1. The SMILES string of the molecule is CCOC(=O)C1(Cc2cn(C3CC(C(C)(C)C)NC3=O)nn2)CCN(C(=O)c2ccc(F)cc2-c2ccc(Cl)c(Cl)c2)CC1. The standard InChI is InChI=1S/C32H36Cl2FN5O4/c1-5-44-30(43)32(17-21-18-40(38-37-21)26-16-27(31(2,3)4)36-28(26)41)10-12-39(13-11-32)29(42)22-8-7-20(35)15-23(22)19-6-9-24(33)25(34)14-19/h6-9,14-15,18,26-27H,5,10-13,16-17H2,1-4H3,(H,36,41). The molecule has 12 heteroatoms. The zero-order valence-electron chi connectivity index (χ0n) is 25.2. The van der Waals surface area contributed by atoms with E-state index in [0.29, 0.717) is 51.7 Å². The number of carbonyl (C=O) groups is 3. The Labute approximate surface area is 266 Å². The summed E-state index contributed by atoms with van der Waals surface area (Å²) in [4.78, 5) is 41.5. The molecule has 1 aromatic heterocycles. The maximum Gasteiger partial charge on any atom is 0.312 e. The van der Waals surface area contributed by atoms with Gasteiger partial charge in [-0.05, 0) is 73.1 Å². The van der Waals surface area contributed by atoms with E-state index in [1.165, 1.54) is 18.2 Å². The van der Waals surface area contributed by atoms with Gasteiger partial charge in [0.2, 0.25) is 5.91 Å². The molecule has 9 nitrogen and oxygen atoms in total. The molecule has 0 radical (unpaired) electrons. The highest BCUT2D eigenvalue weighted by Crippen LogP contribution is 2.39. The molecule has 3 aromatic rings. The highest BCUT2D eigenvalue weighted by Gasteiger charge is 2.45. The van der Waals surface area contributed by atoms with Crippen LogP contribution in [0, 0.1) is 16.6 Å². The molecule has 2 amide bonds. The van der Waals surface area contributed by atoms with Crippen LogP contribution in [0.25, 0.3) is 11.1 Å². The van der Waals surface area contributed by atoms with Gasteiger partial charge >= 0.3 is 5.97 Å². The summed E-state index contributed by atoms with van der Waals surface area (Å²) in [6.45, 7) is 8.77. The van der Waals surface area contributed by atoms with Crippen LogP contribution in [-0.4, -0.2) is 63.4 Å². The summed E-state index contributed by atoms with van der Waals surface area (Å²) in [7, 11) is 0. The maximum atomic E-state index is 14.3. The predicted molar refractivity (Wildman–Crippen MR) is 165 cm³/mol. The number of hydrogen-bond acceptors (Lipinski definition) is 6. The molecule has 1 N–H and O–H groups in total. The van der Waals surface area contributed by atoms with Crippen LogP contribution in [0.15, 0.2) is 42.6 Å². The number of aromatic nitrogens is 3. The first kappa shape index (κ1) is 31.9. The number of nitrogens with zero attached hydrogens (tertiary/aromatic N) is 4. The Morgan fingerprint density at radius 3 is 2.48 bits per heavy atom. The molecule has 2 aliphatic rings. The molecular formula is C32H36Cl2FN5O4. The lowest BCUT2D eigenvalue weighted by atomic mass is 9.74. The van der Waals surface area contributed by atoms with E-state index in [-0.39, 0.29) is 55.4 Å². The summed E-state index contributed by atoms with van der Waals surface area (Å²) in [5, 5.41) is 12.3. The number of piperidine rings is 1. The molecule has 2 aliphatic heterocycles. The number of rotatable bonds is 7. The lowest BCUT2D eigenvalue weighted by Gasteiger charge is -2.39. The molecule has 0 aliphatic carbocycles. The molecule has 2 unspecified atom stereocenters. The molecule has 0 saturated carbocycles. The summed E-state index contributed by atoms with van der Waals surface area (Å²) in [5.41, 5.74) is 0.841. The quantitative estimate of drug-likeness (QED) is 0.322. The first-order chi connectivity index (χ1) is 20.8. The van der Waals surface area contributed by atoms with Gasteiger partial charge in [-0.1, -0.05) is 55.3 Å². The van der Waals surface area contributed by atoms with Crippen molar-refractivity contribution in [3.63, 3.8) is 0 Å². The fourth-order valence-electron chi connectivity index (χ4n) is 6.00. The second-order valence-electron chi connectivity index (χ2n) is 12.7. The molecule has 234 valence electrons. The van der Waals surface area contributed by atoms with Gasteiger partial charge in [-0.15, -0.1) is 5.10 Å². The highest BCUT2D eigenvalue weighted by atomic mass is 35.5. The Morgan fingerprint density at radius 1 is 1.11 bits per heavy atom. The van der Waals surface area contributed by atoms with Crippen molar-refractivity contribution in [2.75, 3.05) is 19.7 Å². The number of amides is 2. The van der Waals surface area contributed by atoms with Gasteiger partial charge in [0.15, 0.2) is 0 Å². The van der Waals surface area contributed by atoms with Crippen molar-refractivity contribution < 1.29 is 23.5 Å². The van der Waals surface area contributed by atoms with Crippen LogP contribution < -0.4 is 5.32 Å². The third-order valence-corrected chi connectivity index (χ3v) is 9.42. The molecule has 0 spiro atoms. The topological polar surface area (TPSA) is 106 Å². The van der Waals surface area contributed by atoms with E-state index in [0.717, 1.165) is 0 Å². The number of esters is 1. The maximum absolute atomic E-state index is 14.3. The second kappa shape index (κ2) is 12.5. The number of benzene rings is 2. The zero-order chi connectivity index (χ0) is 31.8. The molecule has 2 atom stereocenters. The summed E-state index contributed by atoms with van der Waals surface area (Å²) in [6, 6.07) is 8.44. The number of halogens is 3. The summed E-state index contributed by atoms with van der Waals surface area (Å²) >= 11 is 12.3. The highest BCUT2D eigenvalue weighted by molar-refractivity contribution is 6.42. The monoisotopic (exact) mass is 643 g/mol. The predicted octanol–water partition coefficient (Wildman–Crippen LogP) is 5.89. The smallest absolute Gasteiger partial charge is 0.312 e. The van der Waals surface area contributed by atoms with Gasteiger partial charge in [0.05, 0.1) is 27.8 Å². The fourth-order valence-corrected chi connectivity index (χ4v) is 6.30. The molecule has 3 heterocycles. The Bertz CT molecular complexity index is 1580. The van der Waals surface area contributed by atoms with E-state index >= 15 is 0 Å². The molecule has 2 fully saturated rings. The first-order valence-electron chi connectivity index (χ1n) is 14.7. The minimum atomic E-state index is -0.922. The van der Waals surface area contributed by atoms with Crippen molar-refractivity contribution in [2.45, 2.75) is 65.5 Å². The Balaban J connectivity index is 1.34. The van der Waals surface area contributed by atoms with E-state index in [1.807, 2.05) is 0 Å². The first-order valence-corrected chi connectivity index (χ1v) is 15.5. The van der Waals surface area contributed by atoms with Gasteiger partial charge in [0.25, 0.3) is 5.91 Å². The third-order valence-electron chi connectivity index (χ3n) is 8.68. The molecule has 0 bridgehead atoms. The van der Waals surface area contributed by atoms with Crippen LogP contribution in [-0.2, 0) is 20.7 Å². The summed E-state index contributed by atoms with van der Waals surface area (Å²) < 4.78 is 21.4. The van der Waals surface area contributed by atoms with Crippen molar-refractivity contribution in [1.29, 1.82) is 0 Å². The van der Waals surface area contributed by atoms with Crippen LogP contribution in [0.3, 0.4) is 0 Å². The van der Waals surface area contributed by atoms with Gasteiger partial charge < -0.3 is 15.0 Å². The average molecular weight is 645 g/mol. The largest absolute Gasteiger partial charge is 0.466 e. The van der Waals surface area contributed by atoms with E-state index in [9.17, 15) is 18.8 Å². The molecule has 2 saturated heterocycles. The molecule has 44 heavy (non-hydrogen) atoms. The minimum absolute atomic E-state index is 0.0127. The van der Waals surface area contributed by atoms with Crippen molar-refractivity contribution in [3.8, 4) is 11.1 Å². The van der Waals surface area contributed by atoms with E-state index in [1.54, 1.807) is 40.9 Å². The molecular weight excluding hydrogens is 608 g/mol. The van der Waals surface area contributed by atoms with Gasteiger partial charge in [0.1, 0.15) is 11.9 Å². The lowest BCUT2D eigenvalue weighted by Crippen LogP contribution is -2.48. The van der Waals surface area contributed by atoms with Gasteiger partial charge in [0, 0.05) is 37.3 Å². The van der Waals surface area contributed by atoms with E-state index in [2.05, 4.69) is 36.4 Å². The third kappa shape index (κ3) is 6.47. The van der Waals surface area contributed by atoms with Gasteiger partial charge in [-0.3, -0.25) is 14.4 Å². The van der Waals surface area contributed by atoms with Crippen LogP contribution in [0.5, 0.6) is 0 Å². The number of likely N-dealkylation sites (tertiary alicyclic amines) is 1. The normalized spacial score (nSPS) is 20.0. The summed E-state index contributed by atoms with van der Waals surface area (Å²) in [5.74, 6) is -1.23. The fraction of sp³-hybridized carbons (Fsp3) is 0.469. The molecule has 5 rings (SSSR count). The number of hydrogen-bond donors (Lipinski definition) is 1. The van der Waals surface area contributed by atoms with Crippen molar-refractivity contribution in [1.82, 2.24) is 25.2 Å². The minimum Gasteiger partial charge on any atom is -0.466 e. The molecule has 2 aromatic carbocycles. The van der Waals surface area contributed by atoms with Gasteiger partial charge in [-0.2, -0.15) is 0 Å². The van der Waals surface area contributed by atoms with E-state index < -0.39 is 17.3 Å². The summed E-state index contributed by atoms with van der Waals surface area (Å²) in [6.07, 6.45) is 3.26. The van der Waals surface area contributed by atoms with Crippen molar-refractivity contribution in [3.05, 3.63) is 69.7 Å². The van der Waals surface area contributed by atoms with Crippen LogP contribution in [0.4, 0.5) is 4.39 Å². The number of carbonyl (C=O) groups excluding carboxylic acids is 3. The van der Waals surface area contributed by atoms with Crippen LogP contribution in [0.1, 0.15) is 69.1 Å². The zero-order valence-corrected chi connectivity index (χ0v) is 26.7. The van der Waals surface area contributed by atoms with Crippen LogP contribution in [0.2, 0.25) is 10.0 Å². The number of ether oxygens (including phenoxy) is 1. The lowest BCUT2D eigenvalue weighted by molar-refractivity contribution is -0.158. The Morgan fingerprint density at radius 2 is 1.84 bits per heavy atom. The van der Waals surface area contributed by atoms with Crippen molar-refractivity contribution >= 4 is 41.0 Å². The van der Waals surface area contributed by atoms with Crippen molar-refractivity contribution in [2.24, 2.45) is 10.8 Å². The van der Waals surface area contributed by atoms with E-state index in [4.69, 9.17) is 27.9 Å². The Hall–Kier alpha value is -3.50. The average Bonchev–Trinajstić information content (AvgIpc) is 3.60.